The first kappa shape index (κ1) is 15.2. The van der Waals surface area contributed by atoms with Crippen LogP contribution >= 0.6 is 0 Å². The number of aryl methyl sites for hydroxylation is 1. The highest BCUT2D eigenvalue weighted by atomic mass is 16.5. The van der Waals surface area contributed by atoms with Crippen LogP contribution in [0.15, 0.2) is 10.9 Å². The van der Waals surface area contributed by atoms with Crippen molar-refractivity contribution in [2.75, 3.05) is 0 Å². The van der Waals surface area contributed by atoms with E-state index in [2.05, 4.69) is 4.98 Å². The molecular formula is C16H26N2O2. The summed E-state index contributed by atoms with van der Waals surface area (Å²) in [6.07, 6.45) is 6.40. The molecule has 1 aromatic rings. The van der Waals surface area contributed by atoms with Gasteiger partial charge in [0, 0.05) is 17.3 Å². The van der Waals surface area contributed by atoms with Crippen LogP contribution in [-0.2, 0) is 16.9 Å². The Kier molecular flexibility index (Phi) is 4.63. The van der Waals surface area contributed by atoms with E-state index in [1.807, 2.05) is 27.7 Å². The summed E-state index contributed by atoms with van der Waals surface area (Å²) < 4.78 is 7.75. The van der Waals surface area contributed by atoms with Crippen LogP contribution in [0.3, 0.4) is 0 Å². The predicted molar refractivity (Wildman–Crippen MR) is 79.9 cm³/mol. The molecule has 20 heavy (non-hydrogen) atoms. The molecule has 2 rings (SSSR count). The van der Waals surface area contributed by atoms with Gasteiger partial charge in [-0.2, -0.15) is 0 Å². The molecule has 0 aromatic carbocycles. The Balaban J connectivity index is 2.19. The number of ether oxygens (including phenoxy) is 1. The second-order valence-electron chi connectivity index (χ2n) is 6.73. The number of nitrogens with zero attached hydrogens (tertiary/aromatic N) is 2. The Morgan fingerprint density at radius 2 is 1.95 bits per heavy atom. The van der Waals surface area contributed by atoms with Gasteiger partial charge < -0.3 is 4.74 Å². The van der Waals surface area contributed by atoms with E-state index in [1.165, 1.54) is 19.3 Å². The van der Waals surface area contributed by atoms with Gasteiger partial charge in [0.1, 0.15) is 12.4 Å². The van der Waals surface area contributed by atoms with Crippen molar-refractivity contribution in [2.24, 2.45) is 0 Å². The van der Waals surface area contributed by atoms with E-state index in [1.54, 1.807) is 10.6 Å². The van der Waals surface area contributed by atoms with E-state index in [-0.39, 0.29) is 11.1 Å². The van der Waals surface area contributed by atoms with Crippen LogP contribution in [0.25, 0.3) is 0 Å². The first-order chi connectivity index (χ1) is 9.38. The van der Waals surface area contributed by atoms with E-state index in [9.17, 15) is 4.79 Å². The van der Waals surface area contributed by atoms with Gasteiger partial charge in [-0.25, -0.2) is 4.98 Å². The maximum absolute atomic E-state index is 12.2. The number of hydrogen-bond donors (Lipinski definition) is 0. The Labute approximate surface area is 121 Å². The highest BCUT2D eigenvalue weighted by Crippen LogP contribution is 2.22. The van der Waals surface area contributed by atoms with E-state index in [4.69, 9.17) is 4.74 Å². The molecular weight excluding hydrogens is 252 g/mol. The largest absolute Gasteiger partial charge is 0.370 e. The summed E-state index contributed by atoms with van der Waals surface area (Å²) in [7, 11) is 0. The van der Waals surface area contributed by atoms with Gasteiger partial charge in [-0.05, 0) is 40.5 Å². The van der Waals surface area contributed by atoms with Crippen LogP contribution in [0.5, 0.6) is 0 Å². The Morgan fingerprint density at radius 1 is 1.30 bits per heavy atom. The lowest BCUT2D eigenvalue weighted by Gasteiger charge is -2.27. The van der Waals surface area contributed by atoms with Crippen LogP contribution in [0.1, 0.15) is 64.4 Å². The molecule has 1 aliphatic rings. The van der Waals surface area contributed by atoms with Crippen LogP contribution in [0.2, 0.25) is 0 Å². The fourth-order valence-corrected chi connectivity index (χ4v) is 2.90. The standard InChI is InChI=1S/C16H26N2O2/c1-12-10-15(19)18(16(2,3)4)14(17-12)11-20-13-8-6-5-7-9-13/h10,13H,5-9,11H2,1-4H3. The molecule has 1 fully saturated rings. The zero-order valence-corrected chi connectivity index (χ0v) is 13.1. The molecule has 0 unspecified atom stereocenters. The Morgan fingerprint density at radius 3 is 2.55 bits per heavy atom. The maximum atomic E-state index is 12.2. The van der Waals surface area contributed by atoms with Gasteiger partial charge in [0.05, 0.1) is 6.10 Å². The molecule has 0 saturated heterocycles. The Hall–Kier alpha value is -1.16. The SMILES string of the molecule is Cc1cc(=O)n(C(C)(C)C)c(COC2CCCCC2)n1. The average Bonchev–Trinajstić information content (AvgIpc) is 2.35. The molecule has 0 bridgehead atoms. The van der Waals surface area contributed by atoms with Gasteiger partial charge in [-0.1, -0.05) is 19.3 Å². The predicted octanol–water partition coefficient (Wildman–Crippen LogP) is 3.16. The molecule has 0 amide bonds. The third-order valence-electron chi connectivity index (χ3n) is 3.79. The molecule has 1 aliphatic carbocycles. The number of aromatic nitrogens is 2. The molecule has 0 spiro atoms. The lowest BCUT2D eigenvalue weighted by Crippen LogP contribution is -2.37. The summed E-state index contributed by atoms with van der Waals surface area (Å²) in [6, 6.07) is 1.59. The first-order valence-electron chi connectivity index (χ1n) is 7.59. The van der Waals surface area contributed by atoms with Gasteiger partial charge in [-0.15, -0.1) is 0 Å². The Bertz CT molecular complexity index is 508. The van der Waals surface area contributed by atoms with Crippen LogP contribution < -0.4 is 5.56 Å². The molecule has 1 aromatic heterocycles. The number of hydrogen-bond acceptors (Lipinski definition) is 3. The third kappa shape index (κ3) is 3.69. The van der Waals surface area contributed by atoms with Gasteiger partial charge in [0.25, 0.3) is 5.56 Å². The zero-order valence-electron chi connectivity index (χ0n) is 13.1. The lowest BCUT2D eigenvalue weighted by atomic mass is 9.98. The molecule has 0 atom stereocenters. The topological polar surface area (TPSA) is 44.1 Å². The number of rotatable bonds is 3. The molecule has 0 N–H and O–H groups in total. The molecule has 1 heterocycles. The fourth-order valence-electron chi connectivity index (χ4n) is 2.90. The van der Waals surface area contributed by atoms with Crippen molar-refractivity contribution < 1.29 is 4.74 Å². The molecule has 1 saturated carbocycles. The van der Waals surface area contributed by atoms with Crippen molar-refractivity contribution in [1.82, 2.24) is 9.55 Å². The van der Waals surface area contributed by atoms with Crippen molar-refractivity contribution >= 4 is 0 Å². The second kappa shape index (κ2) is 6.08. The van der Waals surface area contributed by atoms with Crippen LogP contribution in [0, 0.1) is 6.92 Å². The summed E-state index contributed by atoms with van der Waals surface area (Å²) in [4.78, 5) is 16.7. The molecule has 0 radical (unpaired) electrons. The minimum Gasteiger partial charge on any atom is -0.370 e. The zero-order chi connectivity index (χ0) is 14.8. The van der Waals surface area contributed by atoms with Crippen LogP contribution in [-0.4, -0.2) is 15.7 Å². The monoisotopic (exact) mass is 278 g/mol. The molecule has 4 nitrogen and oxygen atoms in total. The second-order valence-corrected chi connectivity index (χ2v) is 6.73. The summed E-state index contributed by atoms with van der Waals surface area (Å²) in [6.45, 7) is 8.36. The van der Waals surface area contributed by atoms with Gasteiger partial charge >= 0.3 is 0 Å². The smallest absolute Gasteiger partial charge is 0.254 e. The van der Waals surface area contributed by atoms with Crippen molar-refractivity contribution in [1.29, 1.82) is 0 Å². The van der Waals surface area contributed by atoms with E-state index < -0.39 is 0 Å². The summed E-state index contributed by atoms with van der Waals surface area (Å²) in [5, 5.41) is 0. The van der Waals surface area contributed by atoms with E-state index in [0.717, 1.165) is 24.4 Å². The van der Waals surface area contributed by atoms with Gasteiger partial charge in [0.2, 0.25) is 0 Å². The minimum atomic E-state index is -0.275. The van der Waals surface area contributed by atoms with Crippen molar-refractivity contribution in [3.63, 3.8) is 0 Å². The van der Waals surface area contributed by atoms with Crippen molar-refractivity contribution in [2.45, 2.75) is 78.0 Å². The molecule has 4 heteroatoms. The highest BCUT2D eigenvalue weighted by Gasteiger charge is 2.21. The molecule has 112 valence electrons. The van der Waals surface area contributed by atoms with Crippen molar-refractivity contribution in [3.8, 4) is 0 Å². The summed E-state index contributed by atoms with van der Waals surface area (Å²) >= 11 is 0. The average molecular weight is 278 g/mol. The first-order valence-corrected chi connectivity index (χ1v) is 7.59. The summed E-state index contributed by atoms with van der Waals surface area (Å²) in [5.41, 5.74) is 0.494. The quantitative estimate of drug-likeness (QED) is 0.853. The molecule has 0 aliphatic heterocycles. The highest BCUT2D eigenvalue weighted by molar-refractivity contribution is 5.05. The van der Waals surface area contributed by atoms with E-state index >= 15 is 0 Å². The third-order valence-corrected chi connectivity index (χ3v) is 3.79. The van der Waals surface area contributed by atoms with Crippen LogP contribution in [0.4, 0.5) is 0 Å². The fraction of sp³-hybridized carbons (Fsp3) is 0.750. The minimum absolute atomic E-state index is 0.00671. The maximum Gasteiger partial charge on any atom is 0.254 e. The van der Waals surface area contributed by atoms with Gasteiger partial charge in [0.15, 0.2) is 0 Å². The van der Waals surface area contributed by atoms with Crippen molar-refractivity contribution in [3.05, 3.63) is 27.9 Å². The van der Waals surface area contributed by atoms with E-state index in [0.29, 0.717) is 12.7 Å². The normalized spacial score (nSPS) is 17.4. The lowest BCUT2D eigenvalue weighted by molar-refractivity contribution is 0.00999. The van der Waals surface area contributed by atoms with Gasteiger partial charge in [-0.3, -0.25) is 9.36 Å². The summed E-state index contributed by atoms with van der Waals surface area (Å²) in [5.74, 6) is 0.744.